The predicted octanol–water partition coefficient (Wildman–Crippen LogP) is 5.33. The summed E-state index contributed by atoms with van der Waals surface area (Å²) < 4.78 is 18.8. The first-order valence-corrected chi connectivity index (χ1v) is 7.68. The maximum atomic E-state index is 13.5. The highest BCUT2D eigenvalue weighted by molar-refractivity contribution is 5.91. The fourth-order valence-electron chi connectivity index (χ4n) is 2.35. The molecule has 0 fully saturated rings. The molecule has 0 amide bonds. The van der Waals surface area contributed by atoms with E-state index in [1.807, 2.05) is 31.2 Å². The molecule has 0 saturated heterocycles. The number of carbonyl (C=O) groups excluding carboxylic acids is 1. The minimum Gasteiger partial charge on any atom is -0.423 e. The van der Waals surface area contributed by atoms with Gasteiger partial charge in [0.25, 0.3) is 0 Å². The van der Waals surface area contributed by atoms with Crippen LogP contribution in [0.25, 0.3) is 11.1 Å². The molecular formula is C21H17FO2. The second-order valence-corrected chi connectivity index (χ2v) is 5.74. The van der Waals surface area contributed by atoms with Gasteiger partial charge in [-0.1, -0.05) is 48.0 Å². The van der Waals surface area contributed by atoms with Gasteiger partial charge in [-0.05, 0) is 54.8 Å². The SMILES string of the molecule is Cc1ccc(-c2ccc(OC(=O)c3ccc(C)c(F)c3)cc2)cc1. The lowest BCUT2D eigenvalue weighted by atomic mass is 10.0. The molecule has 0 atom stereocenters. The van der Waals surface area contributed by atoms with E-state index in [0.29, 0.717) is 11.3 Å². The molecule has 0 bridgehead atoms. The van der Waals surface area contributed by atoms with E-state index in [1.54, 1.807) is 31.2 Å². The molecule has 0 heterocycles. The standard InChI is InChI=1S/C21H17FO2/c1-14-3-6-16(7-4-14)17-9-11-19(12-10-17)24-21(23)18-8-5-15(2)20(22)13-18/h3-13H,1-2H3. The lowest BCUT2D eigenvalue weighted by Gasteiger charge is -2.07. The molecule has 0 aliphatic carbocycles. The van der Waals surface area contributed by atoms with Gasteiger partial charge in [0.05, 0.1) is 5.56 Å². The van der Waals surface area contributed by atoms with Gasteiger partial charge in [-0.3, -0.25) is 0 Å². The van der Waals surface area contributed by atoms with Crippen LogP contribution in [-0.4, -0.2) is 5.97 Å². The van der Waals surface area contributed by atoms with Crippen LogP contribution < -0.4 is 4.74 Å². The average Bonchev–Trinajstić information content (AvgIpc) is 2.59. The van der Waals surface area contributed by atoms with Crippen LogP contribution in [0.1, 0.15) is 21.5 Å². The fourth-order valence-corrected chi connectivity index (χ4v) is 2.35. The minimum absolute atomic E-state index is 0.195. The molecule has 0 N–H and O–H groups in total. The highest BCUT2D eigenvalue weighted by atomic mass is 19.1. The second kappa shape index (κ2) is 6.67. The molecule has 2 nitrogen and oxygen atoms in total. The zero-order valence-electron chi connectivity index (χ0n) is 13.5. The smallest absolute Gasteiger partial charge is 0.343 e. The Morgan fingerprint density at radius 3 is 2.00 bits per heavy atom. The number of halogens is 1. The van der Waals surface area contributed by atoms with Crippen molar-refractivity contribution in [2.24, 2.45) is 0 Å². The van der Waals surface area contributed by atoms with Crippen molar-refractivity contribution >= 4 is 5.97 Å². The quantitative estimate of drug-likeness (QED) is 0.482. The van der Waals surface area contributed by atoms with Gasteiger partial charge in [0, 0.05) is 0 Å². The molecule has 0 radical (unpaired) electrons. The Bertz CT molecular complexity index is 865. The Hall–Kier alpha value is -2.94. The van der Waals surface area contributed by atoms with Crippen LogP contribution in [0.5, 0.6) is 5.75 Å². The van der Waals surface area contributed by atoms with Crippen molar-refractivity contribution < 1.29 is 13.9 Å². The number of aryl methyl sites for hydroxylation is 2. The Labute approximate surface area is 140 Å². The fraction of sp³-hybridized carbons (Fsp3) is 0.0952. The van der Waals surface area contributed by atoms with Gasteiger partial charge in [0.1, 0.15) is 11.6 Å². The van der Waals surface area contributed by atoms with Crippen LogP contribution in [0.4, 0.5) is 4.39 Å². The molecule has 0 aromatic heterocycles. The summed E-state index contributed by atoms with van der Waals surface area (Å²) in [5, 5.41) is 0. The van der Waals surface area contributed by atoms with E-state index in [9.17, 15) is 9.18 Å². The van der Waals surface area contributed by atoms with Crippen LogP contribution in [0.15, 0.2) is 66.7 Å². The van der Waals surface area contributed by atoms with Crippen LogP contribution in [0, 0.1) is 19.7 Å². The summed E-state index contributed by atoms with van der Waals surface area (Å²) in [6.07, 6.45) is 0. The van der Waals surface area contributed by atoms with Crippen molar-refractivity contribution in [1.82, 2.24) is 0 Å². The molecule has 3 aromatic carbocycles. The average molecular weight is 320 g/mol. The molecule has 0 unspecified atom stereocenters. The van der Waals surface area contributed by atoms with Crippen LogP contribution in [0.2, 0.25) is 0 Å². The lowest BCUT2D eigenvalue weighted by molar-refractivity contribution is 0.0734. The van der Waals surface area contributed by atoms with Crippen molar-refractivity contribution in [3.8, 4) is 16.9 Å². The highest BCUT2D eigenvalue weighted by Crippen LogP contribution is 2.23. The Balaban J connectivity index is 1.75. The predicted molar refractivity (Wildman–Crippen MR) is 92.7 cm³/mol. The van der Waals surface area contributed by atoms with E-state index in [-0.39, 0.29) is 5.56 Å². The van der Waals surface area contributed by atoms with E-state index in [1.165, 1.54) is 11.6 Å². The van der Waals surface area contributed by atoms with Crippen molar-refractivity contribution in [3.05, 3.63) is 89.2 Å². The molecular weight excluding hydrogens is 303 g/mol. The highest BCUT2D eigenvalue weighted by Gasteiger charge is 2.11. The molecule has 0 saturated carbocycles. The van der Waals surface area contributed by atoms with Gasteiger partial charge in [0.15, 0.2) is 0 Å². The van der Waals surface area contributed by atoms with Crippen LogP contribution >= 0.6 is 0 Å². The first kappa shape index (κ1) is 15.9. The number of esters is 1. The maximum Gasteiger partial charge on any atom is 0.343 e. The van der Waals surface area contributed by atoms with E-state index < -0.39 is 11.8 Å². The van der Waals surface area contributed by atoms with Crippen LogP contribution in [0.3, 0.4) is 0 Å². The maximum absolute atomic E-state index is 13.5. The summed E-state index contributed by atoms with van der Waals surface area (Å²) in [5.74, 6) is -0.562. The second-order valence-electron chi connectivity index (χ2n) is 5.74. The van der Waals surface area contributed by atoms with Gasteiger partial charge in [-0.25, -0.2) is 9.18 Å². The molecule has 3 aromatic rings. The molecule has 0 aliphatic rings. The van der Waals surface area contributed by atoms with E-state index in [0.717, 1.165) is 11.1 Å². The number of carbonyl (C=O) groups is 1. The van der Waals surface area contributed by atoms with Gasteiger partial charge in [0.2, 0.25) is 0 Å². The third-order valence-corrected chi connectivity index (χ3v) is 3.86. The molecule has 0 aliphatic heterocycles. The number of ether oxygens (including phenoxy) is 1. The first-order chi connectivity index (χ1) is 11.5. The number of hydrogen-bond acceptors (Lipinski definition) is 2. The molecule has 3 rings (SSSR count). The van der Waals surface area contributed by atoms with Gasteiger partial charge in [-0.15, -0.1) is 0 Å². The van der Waals surface area contributed by atoms with Crippen molar-refractivity contribution in [1.29, 1.82) is 0 Å². The summed E-state index contributed by atoms with van der Waals surface area (Å²) in [6.45, 7) is 3.69. The number of benzene rings is 3. The molecule has 3 heteroatoms. The Morgan fingerprint density at radius 1 is 0.833 bits per heavy atom. The molecule has 0 spiro atoms. The third kappa shape index (κ3) is 3.51. The van der Waals surface area contributed by atoms with Crippen molar-refractivity contribution in [2.45, 2.75) is 13.8 Å². The normalized spacial score (nSPS) is 10.5. The van der Waals surface area contributed by atoms with Gasteiger partial charge < -0.3 is 4.74 Å². The number of rotatable bonds is 3. The van der Waals surface area contributed by atoms with Crippen molar-refractivity contribution in [3.63, 3.8) is 0 Å². The summed E-state index contributed by atoms with van der Waals surface area (Å²) >= 11 is 0. The topological polar surface area (TPSA) is 26.3 Å². The lowest BCUT2D eigenvalue weighted by Crippen LogP contribution is -2.09. The van der Waals surface area contributed by atoms with Gasteiger partial charge in [-0.2, -0.15) is 0 Å². The zero-order chi connectivity index (χ0) is 17.1. The summed E-state index contributed by atoms with van der Waals surface area (Å²) in [5.41, 5.74) is 4.03. The summed E-state index contributed by atoms with van der Waals surface area (Å²) in [4.78, 5) is 12.1. The molecule has 120 valence electrons. The number of hydrogen-bond donors (Lipinski definition) is 0. The third-order valence-electron chi connectivity index (χ3n) is 3.86. The summed E-state index contributed by atoms with van der Waals surface area (Å²) in [7, 11) is 0. The first-order valence-electron chi connectivity index (χ1n) is 7.68. The Morgan fingerprint density at radius 2 is 1.42 bits per heavy atom. The Kier molecular flexibility index (Phi) is 4.43. The monoisotopic (exact) mass is 320 g/mol. The van der Waals surface area contributed by atoms with E-state index in [4.69, 9.17) is 4.74 Å². The van der Waals surface area contributed by atoms with E-state index >= 15 is 0 Å². The zero-order valence-corrected chi connectivity index (χ0v) is 13.5. The van der Waals surface area contributed by atoms with E-state index in [2.05, 4.69) is 12.1 Å². The van der Waals surface area contributed by atoms with Crippen molar-refractivity contribution in [2.75, 3.05) is 0 Å². The molecule has 24 heavy (non-hydrogen) atoms. The largest absolute Gasteiger partial charge is 0.423 e. The summed E-state index contributed by atoms with van der Waals surface area (Å²) in [6, 6.07) is 19.8. The van der Waals surface area contributed by atoms with Gasteiger partial charge >= 0.3 is 5.97 Å². The minimum atomic E-state index is -0.572. The van der Waals surface area contributed by atoms with Crippen LogP contribution in [-0.2, 0) is 0 Å².